The fraction of sp³-hybridized carbons (Fsp3) is 0.0625. The zero-order valence-electron chi connectivity index (χ0n) is 12.4. The zero-order valence-corrected chi connectivity index (χ0v) is 13.2. The molecule has 0 aliphatic carbocycles. The van der Waals surface area contributed by atoms with Gasteiger partial charge in [0.05, 0.1) is 12.8 Å². The summed E-state index contributed by atoms with van der Waals surface area (Å²) in [5.74, 6) is 0. The Labute approximate surface area is 134 Å². The number of rotatable bonds is 3. The number of hydrogen-bond acceptors (Lipinski definition) is 4. The summed E-state index contributed by atoms with van der Waals surface area (Å²) in [4.78, 5) is 0. The minimum absolute atomic E-state index is 0.870. The standard InChI is InChI=1S/C15H12N2.CH4O4S/c1-2-5-12(6-3-1)13-7-4-8-14(11-13)15-9-10-16-17-15;1-5-6(2,3)4/h1-11H,(H,16,17);1H3,(H,2,3,4). The summed E-state index contributed by atoms with van der Waals surface area (Å²) in [5, 5.41) is 6.96. The number of nitrogens with one attached hydrogen (secondary N) is 1. The minimum Gasteiger partial charge on any atom is -0.278 e. The Morgan fingerprint density at radius 2 is 1.57 bits per heavy atom. The van der Waals surface area contributed by atoms with Gasteiger partial charge in [0.25, 0.3) is 0 Å². The Balaban J connectivity index is 0.000000277. The molecule has 0 fully saturated rings. The van der Waals surface area contributed by atoms with E-state index in [-0.39, 0.29) is 0 Å². The first-order valence-corrected chi connectivity index (χ1v) is 8.04. The normalized spacial score (nSPS) is 10.7. The summed E-state index contributed by atoms with van der Waals surface area (Å²) >= 11 is 0. The first-order chi connectivity index (χ1) is 11.0. The van der Waals surface area contributed by atoms with Gasteiger partial charge in [-0.25, -0.2) is 0 Å². The van der Waals surface area contributed by atoms with Crippen molar-refractivity contribution in [1.82, 2.24) is 10.2 Å². The molecule has 120 valence electrons. The van der Waals surface area contributed by atoms with Crippen molar-refractivity contribution < 1.29 is 17.2 Å². The second kappa shape index (κ2) is 7.68. The van der Waals surface area contributed by atoms with Gasteiger partial charge in [0.15, 0.2) is 0 Å². The van der Waals surface area contributed by atoms with Crippen LogP contribution in [0.4, 0.5) is 0 Å². The molecule has 0 aliphatic rings. The van der Waals surface area contributed by atoms with Crippen molar-refractivity contribution >= 4 is 10.4 Å². The average molecular weight is 332 g/mol. The Hall–Kier alpha value is -2.48. The zero-order chi connectivity index (χ0) is 16.7. The number of H-pyrrole nitrogens is 1. The molecule has 0 unspecified atom stereocenters. The lowest BCUT2D eigenvalue weighted by Gasteiger charge is -2.03. The number of nitrogens with zero attached hydrogens (tertiary/aromatic N) is 1. The van der Waals surface area contributed by atoms with Crippen LogP contribution in [0, 0.1) is 0 Å². The van der Waals surface area contributed by atoms with Gasteiger partial charge in [-0.1, -0.05) is 48.5 Å². The number of hydrogen-bond donors (Lipinski definition) is 2. The van der Waals surface area contributed by atoms with Crippen molar-refractivity contribution in [2.45, 2.75) is 0 Å². The fourth-order valence-corrected chi connectivity index (χ4v) is 1.91. The lowest BCUT2D eigenvalue weighted by Crippen LogP contribution is -1.96. The van der Waals surface area contributed by atoms with Crippen molar-refractivity contribution in [2.75, 3.05) is 7.11 Å². The molecule has 1 aromatic heterocycles. The third-order valence-electron chi connectivity index (χ3n) is 2.99. The van der Waals surface area contributed by atoms with Crippen LogP contribution in [-0.4, -0.2) is 30.3 Å². The predicted octanol–water partition coefficient (Wildman–Crippen LogP) is 3.18. The van der Waals surface area contributed by atoms with Gasteiger partial charge in [-0.3, -0.25) is 13.8 Å². The molecule has 3 aromatic rings. The molecular formula is C16H16N2O4S. The minimum atomic E-state index is -4.16. The molecule has 0 saturated heterocycles. The molecule has 6 nitrogen and oxygen atoms in total. The molecule has 2 N–H and O–H groups in total. The van der Waals surface area contributed by atoms with Gasteiger partial charge in [-0.2, -0.15) is 13.5 Å². The molecule has 23 heavy (non-hydrogen) atoms. The van der Waals surface area contributed by atoms with Gasteiger partial charge in [-0.05, 0) is 23.3 Å². The highest BCUT2D eigenvalue weighted by atomic mass is 32.3. The maximum absolute atomic E-state index is 9.33. The molecular weight excluding hydrogens is 316 g/mol. The molecule has 0 saturated carbocycles. The summed E-state index contributed by atoms with van der Waals surface area (Å²) in [6, 6.07) is 20.8. The van der Waals surface area contributed by atoms with Crippen LogP contribution in [0.1, 0.15) is 0 Å². The van der Waals surface area contributed by atoms with E-state index < -0.39 is 10.4 Å². The largest absolute Gasteiger partial charge is 0.397 e. The monoisotopic (exact) mass is 332 g/mol. The van der Waals surface area contributed by atoms with Crippen LogP contribution in [-0.2, 0) is 14.6 Å². The summed E-state index contributed by atoms with van der Waals surface area (Å²) in [7, 11) is -3.29. The van der Waals surface area contributed by atoms with E-state index in [0.717, 1.165) is 18.4 Å². The first kappa shape index (κ1) is 16.9. The van der Waals surface area contributed by atoms with Gasteiger partial charge in [-0.15, -0.1) is 0 Å². The summed E-state index contributed by atoms with van der Waals surface area (Å²) in [6.45, 7) is 0. The van der Waals surface area contributed by atoms with Gasteiger partial charge >= 0.3 is 10.4 Å². The predicted molar refractivity (Wildman–Crippen MR) is 88.0 cm³/mol. The number of aromatic nitrogens is 2. The average Bonchev–Trinajstić information content (AvgIpc) is 3.10. The highest BCUT2D eigenvalue weighted by molar-refractivity contribution is 7.80. The second-order valence-corrected chi connectivity index (χ2v) is 5.70. The SMILES string of the molecule is COS(=O)(=O)O.c1ccc(-c2cccc(-c3ccn[nH]3)c2)cc1. The first-order valence-electron chi connectivity index (χ1n) is 6.68. The maximum atomic E-state index is 9.33. The fourth-order valence-electron chi connectivity index (χ4n) is 1.91. The Kier molecular flexibility index (Phi) is 5.64. The second-order valence-electron chi connectivity index (χ2n) is 4.51. The van der Waals surface area contributed by atoms with E-state index in [0.29, 0.717) is 0 Å². The van der Waals surface area contributed by atoms with Crippen molar-refractivity contribution in [3.8, 4) is 22.4 Å². The summed E-state index contributed by atoms with van der Waals surface area (Å²) < 4.78 is 29.7. The Bertz CT molecular complexity index is 832. The van der Waals surface area contributed by atoms with Crippen LogP contribution in [0.3, 0.4) is 0 Å². The lowest BCUT2D eigenvalue weighted by molar-refractivity contribution is 0.324. The van der Waals surface area contributed by atoms with Gasteiger partial charge in [0.1, 0.15) is 0 Å². The van der Waals surface area contributed by atoms with Crippen LogP contribution >= 0.6 is 0 Å². The molecule has 0 atom stereocenters. The van der Waals surface area contributed by atoms with E-state index in [1.54, 1.807) is 6.20 Å². The number of benzene rings is 2. The maximum Gasteiger partial charge on any atom is 0.397 e. The molecule has 0 spiro atoms. The molecule has 2 aromatic carbocycles. The van der Waals surface area contributed by atoms with E-state index in [1.807, 2.05) is 12.1 Å². The van der Waals surface area contributed by atoms with Crippen molar-refractivity contribution in [2.24, 2.45) is 0 Å². The third-order valence-corrected chi connectivity index (χ3v) is 3.41. The van der Waals surface area contributed by atoms with Crippen LogP contribution in [0.5, 0.6) is 0 Å². The van der Waals surface area contributed by atoms with Crippen molar-refractivity contribution in [3.63, 3.8) is 0 Å². The Morgan fingerprint density at radius 3 is 2.13 bits per heavy atom. The molecule has 0 radical (unpaired) electrons. The smallest absolute Gasteiger partial charge is 0.278 e. The quantitative estimate of drug-likeness (QED) is 0.719. The third kappa shape index (κ3) is 5.33. The topological polar surface area (TPSA) is 92.3 Å². The van der Waals surface area contributed by atoms with E-state index >= 15 is 0 Å². The van der Waals surface area contributed by atoms with Crippen LogP contribution in [0.25, 0.3) is 22.4 Å². The molecule has 0 aliphatic heterocycles. The van der Waals surface area contributed by atoms with Gasteiger partial charge in [0, 0.05) is 11.8 Å². The van der Waals surface area contributed by atoms with Crippen LogP contribution < -0.4 is 0 Å². The lowest BCUT2D eigenvalue weighted by atomic mass is 10.0. The van der Waals surface area contributed by atoms with Gasteiger partial charge < -0.3 is 0 Å². The van der Waals surface area contributed by atoms with Crippen molar-refractivity contribution in [1.29, 1.82) is 0 Å². The molecule has 0 amide bonds. The summed E-state index contributed by atoms with van der Waals surface area (Å²) in [5.41, 5.74) is 4.65. The molecule has 3 rings (SSSR count). The van der Waals surface area contributed by atoms with Gasteiger partial charge in [0.2, 0.25) is 0 Å². The molecule has 0 bridgehead atoms. The molecule has 1 heterocycles. The molecule has 7 heteroatoms. The van der Waals surface area contributed by atoms with Crippen molar-refractivity contribution in [3.05, 3.63) is 66.9 Å². The highest BCUT2D eigenvalue weighted by Gasteiger charge is 2.01. The highest BCUT2D eigenvalue weighted by Crippen LogP contribution is 2.24. The van der Waals surface area contributed by atoms with Crippen LogP contribution in [0.15, 0.2) is 66.9 Å². The van der Waals surface area contributed by atoms with E-state index in [9.17, 15) is 8.42 Å². The Morgan fingerprint density at radius 1 is 0.957 bits per heavy atom. The summed E-state index contributed by atoms with van der Waals surface area (Å²) in [6.07, 6.45) is 1.77. The van der Waals surface area contributed by atoms with E-state index in [1.165, 1.54) is 11.1 Å². The van der Waals surface area contributed by atoms with Crippen LogP contribution in [0.2, 0.25) is 0 Å². The van der Waals surface area contributed by atoms with E-state index in [4.69, 9.17) is 4.55 Å². The van der Waals surface area contributed by atoms with E-state index in [2.05, 4.69) is 62.9 Å². The number of aromatic amines is 1.